The predicted octanol–water partition coefficient (Wildman–Crippen LogP) is 4.25. The van der Waals surface area contributed by atoms with Gasteiger partial charge in [-0.25, -0.2) is 4.79 Å². The van der Waals surface area contributed by atoms with Gasteiger partial charge < -0.3 is 10.4 Å². The zero-order valence-electron chi connectivity index (χ0n) is 11.0. The highest BCUT2D eigenvalue weighted by molar-refractivity contribution is 6.44. The largest absolute Gasteiger partial charge is 0.478 e. The summed E-state index contributed by atoms with van der Waals surface area (Å²) in [4.78, 5) is 23.2. The Hall–Kier alpha value is -2.04. The maximum atomic E-state index is 12.2. The highest BCUT2D eigenvalue weighted by Gasteiger charge is 2.14. The maximum Gasteiger partial charge on any atom is 0.335 e. The number of benzene rings is 2. The van der Waals surface area contributed by atoms with Gasteiger partial charge in [-0.15, -0.1) is 0 Å². The fourth-order valence-corrected chi connectivity index (χ4v) is 2.14. The van der Waals surface area contributed by atoms with Crippen molar-refractivity contribution in [2.24, 2.45) is 0 Å². The molecule has 108 valence electrons. The van der Waals surface area contributed by atoms with E-state index in [9.17, 15) is 9.59 Å². The lowest BCUT2D eigenvalue weighted by molar-refractivity contribution is 0.0696. The van der Waals surface area contributed by atoms with E-state index in [1.165, 1.54) is 12.1 Å². The van der Waals surface area contributed by atoms with Crippen LogP contribution in [0.1, 0.15) is 26.3 Å². The average molecular weight is 324 g/mol. The monoisotopic (exact) mass is 323 g/mol. The molecule has 0 aliphatic heterocycles. The quantitative estimate of drug-likeness (QED) is 0.887. The predicted molar refractivity (Wildman–Crippen MR) is 82.6 cm³/mol. The first kappa shape index (κ1) is 15.4. The van der Waals surface area contributed by atoms with Crippen LogP contribution in [0.15, 0.2) is 36.4 Å². The standard InChI is InChI=1S/C15H11Cl2NO3/c1-8-5-6-9(15(20)21)7-12(8)18-14(19)10-3-2-4-11(16)13(10)17/h2-7H,1H3,(H,18,19)(H,20,21). The van der Waals surface area contributed by atoms with Gasteiger partial charge in [-0.2, -0.15) is 0 Å². The van der Waals surface area contributed by atoms with E-state index in [-0.39, 0.29) is 21.2 Å². The molecule has 2 aromatic rings. The SMILES string of the molecule is Cc1ccc(C(=O)O)cc1NC(=O)c1cccc(Cl)c1Cl. The van der Waals surface area contributed by atoms with Crippen LogP contribution < -0.4 is 5.32 Å². The summed E-state index contributed by atoms with van der Waals surface area (Å²) in [5.74, 6) is -1.51. The second-order valence-electron chi connectivity index (χ2n) is 4.39. The van der Waals surface area contributed by atoms with Gasteiger partial charge in [0.2, 0.25) is 0 Å². The number of rotatable bonds is 3. The molecule has 0 unspecified atom stereocenters. The van der Waals surface area contributed by atoms with Crippen molar-refractivity contribution < 1.29 is 14.7 Å². The Morgan fingerprint density at radius 1 is 1.14 bits per heavy atom. The van der Waals surface area contributed by atoms with Crippen LogP contribution >= 0.6 is 23.2 Å². The first-order valence-corrected chi connectivity index (χ1v) is 6.75. The highest BCUT2D eigenvalue weighted by Crippen LogP contribution is 2.27. The second-order valence-corrected chi connectivity index (χ2v) is 5.18. The van der Waals surface area contributed by atoms with Crippen molar-refractivity contribution in [3.05, 3.63) is 63.1 Å². The van der Waals surface area contributed by atoms with Crippen LogP contribution in [0.4, 0.5) is 5.69 Å². The summed E-state index contributed by atoms with van der Waals surface area (Å²) < 4.78 is 0. The molecule has 6 heteroatoms. The second kappa shape index (κ2) is 6.16. The Morgan fingerprint density at radius 2 is 1.86 bits per heavy atom. The minimum atomic E-state index is -1.06. The van der Waals surface area contributed by atoms with Crippen molar-refractivity contribution in [3.8, 4) is 0 Å². The molecule has 0 aliphatic carbocycles. The summed E-state index contributed by atoms with van der Waals surface area (Å²) in [6.07, 6.45) is 0. The molecule has 2 rings (SSSR count). The van der Waals surface area contributed by atoms with E-state index in [0.29, 0.717) is 5.69 Å². The van der Waals surface area contributed by atoms with Crippen molar-refractivity contribution >= 4 is 40.8 Å². The van der Waals surface area contributed by atoms with Crippen molar-refractivity contribution in [1.29, 1.82) is 0 Å². The van der Waals surface area contributed by atoms with Crippen LogP contribution in [0.25, 0.3) is 0 Å². The number of hydrogen-bond donors (Lipinski definition) is 2. The maximum absolute atomic E-state index is 12.2. The number of carbonyl (C=O) groups is 2. The number of hydrogen-bond acceptors (Lipinski definition) is 2. The summed E-state index contributed by atoms with van der Waals surface area (Å²) in [7, 11) is 0. The lowest BCUT2D eigenvalue weighted by Gasteiger charge is -2.10. The minimum absolute atomic E-state index is 0.0908. The Bertz CT molecular complexity index is 729. The summed E-state index contributed by atoms with van der Waals surface area (Å²) in [5, 5.41) is 12.1. The molecule has 0 saturated heterocycles. The van der Waals surface area contributed by atoms with E-state index in [1.807, 2.05) is 0 Å². The summed E-state index contributed by atoms with van der Waals surface area (Å²) >= 11 is 11.9. The van der Waals surface area contributed by atoms with Gasteiger partial charge in [0.1, 0.15) is 0 Å². The highest BCUT2D eigenvalue weighted by atomic mass is 35.5. The van der Waals surface area contributed by atoms with Crippen LogP contribution in [-0.4, -0.2) is 17.0 Å². The molecule has 0 aromatic heterocycles. The Balaban J connectivity index is 2.33. The number of halogens is 2. The van der Waals surface area contributed by atoms with E-state index in [2.05, 4.69) is 5.32 Å². The van der Waals surface area contributed by atoms with Crippen molar-refractivity contribution in [2.75, 3.05) is 5.32 Å². The van der Waals surface area contributed by atoms with Gasteiger partial charge in [0.25, 0.3) is 5.91 Å². The van der Waals surface area contributed by atoms with Gasteiger partial charge in [-0.1, -0.05) is 35.3 Å². The number of amides is 1. The van der Waals surface area contributed by atoms with Gasteiger partial charge in [0.05, 0.1) is 21.2 Å². The summed E-state index contributed by atoms with van der Waals surface area (Å²) in [5.41, 5.74) is 1.47. The van der Waals surface area contributed by atoms with E-state index in [0.717, 1.165) is 5.56 Å². The van der Waals surface area contributed by atoms with Gasteiger partial charge in [-0.3, -0.25) is 4.79 Å². The van der Waals surface area contributed by atoms with Crippen LogP contribution in [0.3, 0.4) is 0 Å². The Kier molecular flexibility index (Phi) is 4.50. The smallest absolute Gasteiger partial charge is 0.335 e. The molecule has 2 N–H and O–H groups in total. The molecule has 0 saturated carbocycles. The third-order valence-corrected chi connectivity index (χ3v) is 3.75. The number of aromatic carboxylic acids is 1. The number of aryl methyl sites for hydroxylation is 1. The Morgan fingerprint density at radius 3 is 2.52 bits per heavy atom. The molecule has 0 aliphatic rings. The van der Waals surface area contributed by atoms with Crippen LogP contribution in [-0.2, 0) is 0 Å². The van der Waals surface area contributed by atoms with Crippen LogP contribution in [0.2, 0.25) is 10.0 Å². The van der Waals surface area contributed by atoms with Crippen LogP contribution in [0, 0.1) is 6.92 Å². The number of nitrogens with one attached hydrogen (secondary N) is 1. The van der Waals surface area contributed by atoms with Gasteiger partial charge in [0, 0.05) is 5.69 Å². The molecule has 0 fully saturated rings. The van der Waals surface area contributed by atoms with Gasteiger partial charge in [-0.05, 0) is 36.8 Å². The molecule has 21 heavy (non-hydrogen) atoms. The van der Waals surface area contributed by atoms with E-state index < -0.39 is 11.9 Å². The van der Waals surface area contributed by atoms with Crippen molar-refractivity contribution in [2.45, 2.75) is 6.92 Å². The molecular weight excluding hydrogens is 313 g/mol. The molecular formula is C15H11Cl2NO3. The molecule has 0 radical (unpaired) electrons. The van der Waals surface area contributed by atoms with Crippen molar-refractivity contribution in [3.63, 3.8) is 0 Å². The van der Waals surface area contributed by atoms with Gasteiger partial charge in [0.15, 0.2) is 0 Å². The lowest BCUT2D eigenvalue weighted by atomic mass is 10.1. The third kappa shape index (κ3) is 3.35. The van der Waals surface area contributed by atoms with E-state index >= 15 is 0 Å². The zero-order valence-corrected chi connectivity index (χ0v) is 12.5. The van der Waals surface area contributed by atoms with Crippen molar-refractivity contribution in [1.82, 2.24) is 0 Å². The first-order chi connectivity index (χ1) is 9.90. The number of carboxylic acid groups (broad SMARTS) is 1. The number of carbonyl (C=O) groups excluding carboxylic acids is 1. The molecule has 4 nitrogen and oxygen atoms in total. The molecule has 2 aromatic carbocycles. The fourth-order valence-electron chi connectivity index (χ4n) is 1.76. The molecule has 0 bridgehead atoms. The first-order valence-electron chi connectivity index (χ1n) is 5.99. The summed E-state index contributed by atoms with van der Waals surface area (Å²) in [6, 6.07) is 9.23. The van der Waals surface area contributed by atoms with E-state index in [1.54, 1.807) is 31.2 Å². The molecule has 1 amide bonds. The molecule has 0 heterocycles. The van der Waals surface area contributed by atoms with Crippen LogP contribution in [0.5, 0.6) is 0 Å². The summed E-state index contributed by atoms with van der Waals surface area (Å²) in [6.45, 7) is 1.76. The normalized spacial score (nSPS) is 10.2. The molecule has 0 spiro atoms. The Labute approximate surface area is 131 Å². The number of anilines is 1. The third-order valence-electron chi connectivity index (χ3n) is 2.93. The zero-order chi connectivity index (χ0) is 15.6. The topological polar surface area (TPSA) is 66.4 Å². The average Bonchev–Trinajstić information content (AvgIpc) is 2.43. The lowest BCUT2D eigenvalue weighted by Crippen LogP contribution is -2.14. The fraction of sp³-hybridized carbons (Fsp3) is 0.0667. The molecule has 0 atom stereocenters. The van der Waals surface area contributed by atoms with Gasteiger partial charge >= 0.3 is 5.97 Å². The minimum Gasteiger partial charge on any atom is -0.478 e. The number of carboxylic acids is 1. The van der Waals surface area contributed by atoms with E-state index in [4.69, 9.17) is 28.3 Å².